The summed E-state index contributed by atoms with van der Waals surface area (Å²) in [5.74, 6) is -0.430. The van der Waals surface area contributed by atoms with Crippen molar-refractivity contribution >= 4 is 29.2 Å². The highest BCUT2D eigenvalue weighted by atomic mass is 16.3. The Bertz CT molecular complexity index is 1170. The first-order valence-corrected chi connectivity index (χ1v) is 9.44. The number of carbonyl (C=O) groups excluding carboxylic acids is 2. The molecule has 1 aliphatic rings. The fourth-order valence-corrected chi connectivity index (χ4v) is 3.76. The zero-order valence-electron chi connectivity index (χ0n) is 16.6. The van der Waals surface area contributed by atoms with Gasteiger partial charge >= 0.3 is 0 Å². The summed E-state index contributed by atoms with van der Waals surface area (Å²) in [5.41, 5.74) is 5.28. The molecule has 3 aromatic carbocycles. The van der Waals surface area contributed by atoms with Gasteiger partial charge in [0.1, 0.15) is 5.75 Å². The summed E-state index contributed by atoms with van der Waals surface area (Å²) in [6, 6.07) is 18.2. The van der Waals surface area contributed by atoms with Crippen molar-refractivity contribution in [3.05, 3.63) is 94.0 Å². The van der Waals surface area contributed by atoms with E-state index in [1.54, 1.807) is 30.3 Å². The predicted molar refractivity (Wildman–Crippen MR) is 115 cm³/mol. The number of hydrogen-bond acceptors (Lipinski definition) is 3. The van der Waals surface area contributed by atoms with E-state index in [9.17, 15) is 14.7 Å². The number of benzene rings is 3. The van der Waals surface area contributed by atoms with Crippen LogP contribution in [0.25, 0.3) is 11.6 Å². The van der Waals surface area contributed by atoms with Crippen LogP contribution in [0.1, 0.15) is 38.2 Å². The molecule has 4 nitrogen and oxygen atoms in total. The molecule has 3 aromatic rings. The number of aromatic hydroxyl groups is 1. The first-order chi connectivity index (χ1) is 13.9. The van der Waals surface area contributed by atoms with E-state index < -0.39 is 0 Å². The maximum Gasteiger partial charge on any atom is 0.265 e. The fourth-order valence-electron chi connectivity index (χ4n) is 3.76. The predicted octanol–water partition coefficient (Wildman–Crippen LogP) is 5.05. The van der Waals surface area contributed by atoms with E-state index in [0.29, 0.717) is 22.4 Å². The Morgan fingerprint density at radius 2 is 1.34 bits per heavy atom. The number of hydrogen-bond donors (Lipinski definition) is 1. The molecule has 0 saturated carbocycles. The van der Waals surface area contributed by atoms with Gasteiger partial charge in [0.25, 0.3) is 11.8 Å². The summed E-state index contributed by atoms with van der Waals surface area (Å²) < 4.78 is 0. The lowest BCUT2D eigenvalue weighted by Crippen LogP contribution is -2.42. The number of aryl methyl sites for hydroxylation is 3. The van der Waals surface area contributed by atoms with E-state index in [4.69, 9.17) is 0 Å². The van der Waals surface area contributed by atoms with Crippen molar-refractivity contribution in [3.8, 4) is 5.75 Å². The SMILES string of the molecule is Cc1ccccc1N1C(=O)C(=Cc2cc(C)c(O)c(C)c2)c2ccccc2C1=O. The molecule has 2 amide bonds. The zero-order valence-corrected chi connectivity index (χ0v) is 16.6. The third-order valence-electron chi connectivity index (χ3n) is 5.26. The molecule has 0 bridgehead atoms. The van der Waals surface area contributed by atoms with Crippen LogP contribution < -0.4 is 4.90 Å². The minimum Gasteiger partial charge on any atom is -0.507 e. The number of phenolic OH excluding ortho intramolecular Hbond substituents is 1. The molecule has 4 rings (SSSR count). The van der Waals surface area contributed by atoms with Gasteiger partial charge in [-0.1, -0.05) is 36.4 Å². The minimum atomic E-state index is -0.355. The molecule has 0 unspecified atom stereocenters. The van der Waals surface area contributed by atoms with Crippen LogP contribution in [0.15, 0.2) is 60.7 Å². The van der Waals surface area contributed by atoms with E-state index in [1.807, 2.05) is 57.2 Å². The van der Waals surface area contributed by atoms with E-state index in [1.165, 1.54) is 4.90 Å². The van der Waals surface area contributed by atoms with Gasteiger partial charge in [0, 0.05) is 11.1 Å². The normalized spacial score (nSPS) is 15.0. The Balaban J connectivity index is 1.94. The molecule has 1 aliphatic heterocycles. The second-order valence-corrected chi connectivity index (χ2v) is 7.34. The third kappa shape index (κ3) is 3.13. The molecule has 0 atom stereocenters. The molecule has 1 heterocycles. The number of phenols is 1. The first-order valence-electron chi connectivity index (χ1n) is 9.44. The molecule has 144 valence electrons. The largest absolute Gasteiger partial charge is 0.507 e. The van der Waals surface area contributed by atoms with Crippen LogP contribution in [0.2, 0.25) is 0 Å². The average molecular weight is 383 g/mol. The summed E-state index contributed by atoms with van der Waals surface area (Å²) in [6.45, 7) is 5.53. The van der Waals surface area contributed by atoms with Gasteiger partial charge in [0.05, 0.1) is 5.69 Å². The van der Waals surface area contributed by atoms with E-state index in [-0.39, 0.29) is 17.6 Å². The highest BCUT2D eigenvalue weighted by Crippen LogP contribution is 2.35. The molecular weight excluding hydrogens is 362 g/mol. The molecule has 0 saturated heterocycles. The van der Waals surface area contributed by atoms with Crippen molar-refractivity contribution in [3.63, 3.8) is 0 Å². The topological polar surface area (TPSA) is 57.6 Å². The lowest BCUT2D eigenvalue weighted by atomic mass is 9.91. The first kappa shape index (κ1) is 18.7. The molecule has 29 heavy (non-hydrogen) atoms. The van der Waals surface area contributed by atoms with Crippen molar-refractivity contribution < 1.29 is 14.7 Å². The van der Waals surface area contributed by atoms with Crippen molar-refractivity contribution in [2.45, 2.75) is 20.8 Å². The van der Waals surface area contributed by atoms with Crippen LogP contribution in [-0.4, -0.2) is 16.9 Å². The smallest absolute Gasteiger partial charge is 0.265 e. The second-order valence-electron chi connectivity index (χ2n) is 7.34. The average Bonchev–Trinajstić information content (AvgIpc) is 2.70. The Kier molecular flexibility index (Phi) is 4.55. The van der Waals surface area contributed by atoms with Crippen molar-refractivity contribution in [2.24, 2.45) is 0 Å². The highest BCUT2D eigenvalue weighted by Gasteiger charge is 2.36. The van der Waals surface area contributed by atoms with Crippen molar-refractivity contribution in [1.29, 1.82) is 0 Å². The van der Waals surface area contributed by atoms with E-state index in [0.717, 1.165) is 22.3 Å². The van der Waals surface area contributed by atoms with Crippen LogP contribution in [0.5, 0.6) is 5.75 Å². The van der Waals surface area contributed by atoms with Gasteiger partial charge in [0.2, 0.25) is 0 Å². The maximum absolute atomic E-state index is 13.5. The highest BCUT2D eigenvalue weighted by molar-refractivity contribution is 6.43. The van der Waals surface area contributed by atoms with Gasteiger partial charge in [-0.05, 0) is 78.9 Å². The molecular formula is C25H21NO3. The molecule has 4 heteroatoms. The third-order valence-corrected chi connectivity index (χ3v) is 5.26. The Morgan fingerprint density at radius 1 is 0.759 bits per heavy atom. The lowest BCUT2D eigenvalue weighted by molar-refractivity contribution is -0.112. The zero-order chi connectivity index (χ0) is 20.7. The summed E-state index contributed by atoms with van der Waals surface area (Å²) in [6.07, 6.45) is 1.79. The number of carbonyl (C=O) groups is 2. The molecule has 0 spiro atoms. The summed E-state index contributed by atoms with van der Waals surface area (Å²) in [4.78, 5) is 27.9. The van der Waals surface area contributed by atoms with Crippen LogP contribution >= 0.6 is 0 Å². The van der Waals surface area contributed by atoms with Crippen LogP contribution in [-0.2, 0) is 4.79 Å². The molecule has 0 radical (unpaired) electrons. The molecule has 0 aromatic heterocycles. The standard InChI is InChI=1S/C25H21NO3/c1-15-8-4-7-11-22(15)26-24(28)20-10-6-5-9-19(20)21(25(26)29)14-18-12-16(2)23(27)17(3)13-18/h4-14,27H,1-3H3. The van der Waals surface area contributed by atoms with Crippen LogP contribution in [0.4, 0.5) is 5.69 Å². The number of fused-ring (bicyclic) bond motifs is 1. The summed E-state index contributed by atoms with van der Waals surface area (Å²) in [7, 11) is 0. The van der Waals surface area contributed by atoms with Gasteiger partial charge in [-0.15, -0.1) is 0 Å². The maximum atomic E-state index is 13.5. The number of amides is 2. The monoisotopic (exact) mass is 383 g/mol. The quantitative estimate of drug-likeness (QED) is 0.498. The summed E-state index contributed by atoms with van der Waals surface area (Å²) in [5, 5.41) is 10.1. The van der Waals surface area contributed by atoms with Crippen molar-refractivity contribution in [2.75, 3.05) is 4.90 Å². The van der Waals surface area contributed by atoms with Gasteiger partial charge in [-0.3, -0.25) is 9.59 Å². The Hall–Kier alpha value is -3.66. The summed E-state index contributed by atoms with van der Waals surface area (Å²) >= 11 is 0. The number of rotatable bonds is 2. The Labute approximate surface area is 169 Å². The lowest BCUT2D eigenvalue weighted by Gasteiger charge is -2.29. The minimum absolute atomic E-state index is 0.249. The number of anilines is 1. The molecule has 0 fully saturated rings. The Morgan fingerprint density at radius 3 is 2.00 bits per heavy atom. The van der Waals surface area contributed by atoms with E-state index in [2.05, 4.69) is 0 Å². The second kappa shape index (κ2) is 7.06. The number of imide groups is 1. The number of nitrogens with zero attached hydrogens (tertiary/aromatic N) is 1. The van der Waals surface area contributed by atoms with Gasteiger partial charge in [0.15, 0.2) is 0 Å². The van der Waals surface area contributed by atoms with Gasteiger partial charge in [-0.25, -0.2) is 4.90 Å². The van der Waals surface area contributed by atoms with Gasteiger partial charge in [-0.2, -0.15) is 0 Å². The number of para-hydroxylation sites is 1. The van der Waals surface area contributed by atoms with Gasteiger partial charge < -0.3 is 5.11 Å². The van der Waals surface area contributed by atoms with Crippen molar-refractivity contribution in [1.82, 2.24) is 0 Å². The van der Waals surface area contributed by atoms with Crippen LogP contribution in [0, 0.1) is 20.8 Å². The molecule has 1 N–H and O–H groups in total. The van der Waals surface area contributed by atoms with Crippen LogP contribution in [0.3, 0.4) is 0 Å². The molecule has 0 aliphatic carbocycles. The van der Waals surface area contributed by atoms with E-state index >= 15 is 0 Å². The fraction of sp³-hybridized carbons (Fsp3) is 0.120.